The lowest BCUT2D eigenvalue weighted by molar-refractivity contribution is -0.138. The van der Waals surface area contributed by atoms with Crippen molar-refractivity contribution in [1.82, 2.24) is 0 Å². The number of carboxylic acid groups (broad SMARTS) is 1. The normalized spacial score (nSPS) is 10.2. The third-order valence-corrected chi connectivity index (χ3v) is 1.90. The number of carboxylic acids is 1. The van der Waals surface area contributed by atoms with Crippen LogP contribution in [0.3, 0.4) is 0 Å². The minimum atomic E-state index is -0.804. The van der Waals surface area contributed by atoms with Crippen LogP contribution in [0, 0.1) is 0 Å². The van der Waals surface area contributed by atoms with Gasteiger partial charge in [0, 0.05) is 12.5 Å². The summed E-state index contributed by atoms with van der Waals surface area (Å²) in [4.78, 5) is 10.1. The molecule has 0 spiro atoms. The number of unbranched alkanes of at least 4 members (excludes halogenated alkanes) is 3. The minimum absolute atomic E-state index is 0.0989. The molecule has 0 heterocycles. The van der Waals surface area contributed by atoms with Gasteiger partial charge in [-0.1, -0.05) is 12.8 Å². The predicted octanol–water partition coefficient (Wildman–Crippen LogP) is 2.28. The molecule has 3 nitrogen and oxygen atoms in total. The zero-order chi connectivity index (χ0) is 9.94. The van der Waals surface area contributed by atoms with Gasteiger partial charge in [-0.2, -0.15) is 0 Å². The van der Waals surface area contributed by atoms with Gasteiger partial charge in [0.15, 0.2) is 0 Å². The molecule has 0 aromatic heterocycles. The number of halogens is 1. The summed E-state index contributed by atoms with van der Waals surface area (Å²) >= 11 is 5.50. The molecule has 0 amide bonds. The lowest BCUT2D eigenvalue weighted by atomic mass is 10.2. The van der Waals surface area contributed by atoms with Crippen molar-refractivity contribution in [2.45, 2.75) is 32.1 Å². The zero-order valence-electron chi connectivity index (χ0n) is 7.80. The largest absolute Gasteiger partial charge is 0.481 e. The van der Waals surface area contributed by atoms with E-state index in [9.17, 15) is 4.79 Å². The fourth-order valence-corrected chi connectivity index (χ4v) is 1.10. The molecule has 78 valence electrons. The molecule has 4 heteroatoms. The molecule has 0 fully saturated rings. The average molecular weight is 209 g/mol. The van der Waals surface area contributed by atoms with Crippen molar-refractivity contribution in [2.75, 3.05) is 19.1 Å². The number of alkyl halides is 1. The molecule has 0 saturated carbocycles. The second-order valence-corrected chi connectivity index (χ2v) is 3.24. The van der Waals surface area contributed by atoms with Gasteiger partial charge in [-0.15, -0.1) is 11.6 Å². The van der Waals surface area contributed by atoms with E-state index in [2.05, 4.69) is 0 Å². The SMILES string of the molecule is O=C(O)CCOCCCCCCCl. The van der Waals surface area contributed by atoms with Gasteiger partial charge < -0.3 is 9.84 Å². The van der Waals surface area contributed by atoms with Gasteiger partial charge in [-0.05, 0) is 12.8 Å². The Balaban J connectivity index is 2.87. The molecule has 0 saturated heterocycles. The van der Waals surface area contributed by atoms with E-state index in [-0.39, 0.29) is 6.42 Å². The molecule has 0 aliphatic rings. The fraction of sp³-hybridized carbons (Fsp3) is 0.889. The van der Waals surface area contributed by atoms with Gasteiger partial charge >= 0.3 is 5.97 Å². The Labute approximate surface area is 84.0 Å². The smallest absolute Gasteiger partial charge is 0.305 e. The first-order valence-corrected chi connectivity index (χ1v) is 5.16. The molecule has 0 aromatic carbocycles. The molecule has 0 aliphatic heterocycles. The highest BCUT2D eigenvalue weighted by Gasteiger charge is 1.95. The Morgan fingerprint density at radius 2 is 1.85 bits per heavy atom. The molecular weight excluding hydrogens is 192 g/mol. The van der Waals surface area contributed by atoms with E-state index in [0.29, 0.717) is 13.2 Å². The summed E-state index contributed by atoms with van der Waals surface area (Å²) < 4.78 is 5.11. The lowest BCUT2D eigenvalue weighted by Gasteiger charge is -2.01. The number of ether oxygens (including phenoxy) is 1. The Hall–Kier alpha value is -0.280. The predicted molar refractivity (Wildman–Crippen MR) is 52.3 cm³/mol. The van der Waals surface area contributed by atoms with E-state index in [1.54, 1.807) is 0 Å². The zero-order valence-corrected chi connectivity index (χ0v) is 8.55. The third-order valence-electron chi connectivity index (χ3n) is 1.63. The van der Waals surface area contributed by atoms with Crippen LogP contribution < -0.4 is 0 Å². The molecule has 0 radical (unpaired) electrons. The molecule has 0 aliphatic carbocycles. The first-order valence-electron chi connectivity index (χ1n) is 4.63. The van der Waals surface area contributed by atoms with Gasteiger partial charge in [0.2, 0.25) is 0 Å². The van der Waals surface area contributed by atoms with Gasteiger partial charge in [0.25, 0.3) is 0 Å². The van der Waals surface area contributed by atoms with E-state index < -0.39 is 5.97 Å². The van der Waals surface area contributed by atoms with Crippen molar-refractivity contribution in [3.63, 3.8) is 0 Å². The number of hydrogen-bond donors (Lipinski definition) is 1. The van der Waals surface area contributed by atoms with E-state index >= 15 is 0 Å². The van der Waals surface area contributed by atoms with E-state index in [1.165, 1.54) is 0 Å². The molecule has 0 unspecified atom stereocenters. The van der Waals surface area contributed by atoms with Crippen LogP contribution in [0.4, 0.5) is 0 Å². The second kappa shape index (κ2) is 9.81. The van der Waals surface area contributed by atoms with Crippen LogP contribution in [-0.2, 0) is 9.53 Å². The maximum absolute atomic E-state index is 10.1. The highest BCUT2D eigenvalue weighted by molar-refractivity contribution is 6.17. The molecule has 13 heavy (non-hydrogen) atoms. The van der Waals surface area contributed by atoms with Crippen molar-refractivity contribution in [3.05, 3.63) is 0 Å². The Morgan fingerprint density at radius 3 is 2.46 bits per heavy atom. The fourth-order valence-electron chi connectivity index (χ4n) is 0.914. The third kappa shape index (κ3) is 11.7. The van der Waals surface area contributed by atoms with E-state index in [1.807, 2.05) is 0 Å². The molecule has 0 rings (SSSR count). The second-order valence-electron chi connectivity index (χ2n) is 2.86. The van der Waals surface area contributed by atoms with Gasteiger partial charge in [-0.25, -0.2) is 0 Å². The molecule has 0 bridgehead atoms. The molecule has 1 N–H and O–H groups in total. The molecular formula is C9H17ClO3. The first-order chi connectivity index (χ1) is 6.27. The first kappa shape index (κ1) is 12.7. The van der Waals surface area contributed by atoms with Crippen molar-refractivity contribution >= 4 is 17.6 Å². The average Bonchev–Trinajstić information content (AvgIpc) is 2.09. The van der Waals surface area contributed by atoms with Crippen molar-refractivity contribution < 1.29 is 14.6 Å². The lowest BCUT2D eigenvalue weighted by Crippen LogP contribution is -2.03. The number of rotatable bonds is 9. The van der Waals surface area contributed by atoms with Gasteiger partial charge in [0.1, 0.15) is 0 Å². The van der Waals surface area contributed by atoms with E-state index in [4.69, 9.17) is 21.4 Å². The van der Waals surface area contributed by atoms with Crippen LogP contribution in [0.25, 0.3) is 0 Å². The molecule has 0 aromatic rings. The summed E-state index contributed by atoms with van der Waals surface area (Å²) in [6.45, 7) is 0.987. The highest BCUT2D eigenvalue weighted by atomic mass is 35.5. The number of carbonyl (C=O) groups is 1. The van der Waals surface area contributed by atoms with E-state index in [0.717, 1.165) is 31.6 Å². The quantitative estimate of drug-likeness (QED) is 0.467. The maximum atomic E-state index is 10.1. The topological polar surface area (TPSA) is 46.5 Å². The van der Waals surface area contributed by atoms with Crippen LogP contribution in [0.1, 0.15) is 32.1 Å². The summed E-state index contributed by atoms with van der Waals surface area (Å²) in [5.41, 5.74) is 0. The van der Waals surface area contributed by atoms with Crippen LogP contribution in [-0.4, -0.2) is 30.2 Å². The van der Waals surface area contributed by atoms with Crippen molar-refractivity contribution in [3.8, 4) is 0 Å². The summed E-state index contributed by atoms with van der Waals surface area (Å²) in [5, 5.41) is 8.29. The van der Waals surface area contributed by atoms with Crippen molar-refractivity contribution in [2.24, 2.45) is 0 Å². The van der Waals surface area contributed by atoms with Crippen LogP contribution in [0.5, 0.6) is 0 Å². The highest BCUT2D eigenvalue weighted by Crippen LogP contribution is 2.01. The van der Waals surface area contributed by atoms with Crippen molar-refractivity contribution in [1.29, 1.82) is 0 Å². The van der Waals surface area contributed by atoms with Crippen LogP contribution >= 0.6 is 11.6 Å². The Bertz CT molecular complexity index is 128. The molecule has 0 atom stereocenters. The summed E-state index contributed by atoms with van der Waals surface area (Å²) in [6.07, 6.45) is 4.39. The van der Waals surface area contributed by atoms with Gasteiger partial charge in [-0.3, -0.25) is 4.79 Å². The van der Waals surface area contributed by atoms with Crippen LogP contribution in [0.2, 0.25) is 0 Å². The number of hydrogen-bond acceptors (Lipinski definition) is 2. The summed E-state index contributed by atoms with van der Waals surface area (Å²) in [7, 11) is 0. The Kier molecular flexibility index (Phi) is 9.59. The standard InChI is InChI=1S/C9H17ClO3/c10-6-3-1-2-4-7-13-8-5-9(11)12/h1-8H2,(H,11,12). The maximum Gasteiger partial charge on any atom is 0.305 e. The monoisotopic (exact) mass is 208 g/mol. The summed E-state index contributed by atoms with van der Waals surface area (Å²) in [6, 6.07) is 0. The Morgan fingerprint density at radius 1 is 1.15 bits per heavy atom. The number of aliphatic carboxylic acids is 1. The van der Waals surface area contributed by atoms with Gasteiger partial charge in [0.05, 0.1) is 13.0 Å². The summed E-state index contributed by atoms with van der Waals surface area (Å²) in [5.74, 6) is -0.0815. The van der Waals surface area contributed by atoms with Crippen LogP contribution in [0.15, 0.2) is 0 Å². The minimum Gasteiger partial charge on any atom is -0.481 e.